The smallest absolute Gasteiger partial charge is 0.493 e. The quantitative estimate of drug-likeness (QED) is 0.351. The minimum absolute atomic E-state index is 0.0480. The first kappa shape index (κ1) is 22.6. The van der Waals surface area contributed by atoms with Crippen molar-refractivity contribution in [2.24, 2.45) is 5.73 Å². The van der Waals surface area contributed by atoms with E-state index >= 15 is 4.39 Å². The van der Waals surface area contributed by atoms with Gasteiger partial charge in [0.05, 0.1) is 11.2 Å². The molecule has 0 unspecified atom stereocenters. The normalized spacial score (nSPS) is 14.5. The summed E-state index contributed by atoms with van der Waals surface area (Å²) in [7, 11) is -3.11. The number of nitrogens with one attached hydrogen (secondary N) is 1. The molecule has 8 nitrogen and oxygen atoms in total. The molecule has 1 heterocycles. The van der Waals surface area contributed by atoms with Gasteiger partial charge in [-0.3, -0.25) is 14.6 Å². The minimum atomic E-state index is -5.08. The number of carbonyl (C=O) groups excluding carboxylic acids is 2. The highest BCUT2D eigenvalue weighted by Gasteiger charge is 2.31. The molecular formula is C26H21F4N3O5. The Morgan fingerprint density at radius 2 is 1.92 bits per heavy atom. The number of alkyl halides is 3. The van der Waals surface area contributed by atoms with Gasteiger partial charge in [-0.2, -0.15) is 0 Å². The maximum atomic E-state index is 15.5. The summed E-state index contributed by atoms with van der Waals surface area (Å²) >= 11 is 0. The number of aromatic nitrogens is 1. The lowest BCUT2D eigenvalue weighted by Gasteiger charge is -2.17. The minimum Gasteiger partial charge on any atom is -0.493 e. The molecule has 4 rings (SSSR count). The van der Waals surface area contributed by atoms with Crippen molar-refractivity contribution in [2.75, 3.05) is 12.4 Å². The Kier molecular flexibility index (Phi) is 6.41. The maximum absolute atomic E-state index is 15.5. The van der Waals surface area contributed by atoms with Gasteiger partial charge >= 0.3 is 6.36 Å². The zero-order valence-electron chi connectivity index (χ0n) is 22.4. The molecule has 198 valence electrons. The SMILES string of the molecule is [2H]C([2H])([2H])Oc1cc(OC(F)(F)F)ccc1Oc1cc(C2=CCCC2)cc(F)c1C(=O)Nc1ccnc(C(N)=O)c1. The third-order valence-electron chi connectivity index (χ3n) is 5.44. The molecule has 1 aliphatic rings. The highest BCUT2D eigenvalue weighted by Crippen LogP contribution is 2.40. The lowest BCUT2D eigenvalue weighted by Crippen LogP contribution is -2.17. The van der Waals surface area contributed by atoms with E-state index in [2.05, 4.69) is 15.0 Å². The molecule has 2 amide bonds. The van der Waals surface area contributed by atoms with Crippen LogP contribution >= 0.6 is 0 Å². The number of benzene rings is 2. The first-order chi connectivity index (χ1) is 19.2. The third kappa shape index (κ3) is 6.20. The summed E-state index contributed by atoms with van der Waals surface area (Å²) in [6.45, 7) is 0. The maximum Gasteiger partial charge on any atom is 0.573 e. The standard InChI is InChI=1S/C26H21F4N3O5/c1-36-21-13-17(38-26(28,29)30)6-7-20(21)37-22-11-15(14-4-2-3-5-14)10-18(27)23(22)25(35)33-16-8-9-32-19(12-16)24(31)34/h4,6-13H,2-3,5H2,1H3,(H2,31,34)(H,32,33,35)/i1D3. The Morgan fingerprint density at radius 1 is 1.11 bits per heavy atom. The van der Waals surface area contributed by atoms with Crippen LogP contribution in [0.25, 0.3) is 5.57 Å². The molecule has 2 aromatic carbocycles. The largest absolute Gasteiger partial charge is 0.573 e. The van der Waals surface area contributed by atoms with Gasteiger partial charge in [0.25, 0.3) is 11.8 Å². The molecule has 0 atom stereocenters. The summed E-state index contributed by atoms with van der Waals surface area (Å²) in [5.74, 6) is -5.24. The summed E-state index contributed by atoms with van der Waals surface area (Å²) < 4.78 is 90.4. The molecular weight excluding hydrogens is 510 g/mol. The fourth-order valence-electron chi connectivity index (χ4n) is 3.81. The van der Waals surface area contributed by atoms with Crippen molar-refractivity contribution in [2.45, 2.75) is 25.6 Å². The van der Waals surface area contributed by atoms with Gasteiger partial charge in [0.15, 0.2) is 11.5 Å². The van der Waals surface area contributed by atoms with Crippen molar-refractivity contribution in [1.29, 1.82) is 0 Å². The summed E-state index contributed by atoms with van der Waals surface area (Å²) in [6, 6.07) is 7.34. The summed E-state index contributed by atoms with van der Waals surface area (Å²) in [5, 5.41) is 2.41. The van der Waals surface area contributed by atoms with Gasteiger partial charge in [-0.15, -0.1) is 13.2 Å². The lowest BCUT2D eigenvalue weighted by molar-refractivity contribution is -0.274. The van der Waals surface area contributed by atoms with Gasteiger partial charge in [-0.25, -0.2) is 4.39 Å². The van der Waals surface area contributed by atoms with E-state index in [-0.39, 0.29) is 11.4 Å². The third-order valence-corrected chi connectivity index (χ3v) is 5.44. The van der Waals surface area contributed by atoms with Crippen LogP contribution in [-0.4, -0.2) is 30.2 Å². The predicted molar refractivity (Wildman–Crippen MR) is 129 cm³/mol. The second-order valence-corrected chi connectivity index (χ2v) is 8.06. The van der Waals surface area contributed by atoms with Crippen LogP contribution in [0.1, 0.15) is 49.8 Å². The van der Waals surface area contributed by atoms with E-state index in [1.54, 1.807) is 0 Å². The Bertz CT molecular complexity index is 1530. The molecule has 3 N–H and O–H groups in total. The van der Waals surface area contributed by atoms with E-state index in [1.165, 1.54) is 18.3 Å². The lowest BCUT2D eigenvalue weighted by atomic mass is 10.0. The van der Waals surface area contributed by atoms with Crippen LogP contribution in [0.5, 0.6) is 23.0 Å². The van der Waals surface area contributed by atoms with Crippen LogP contribution in [0.4, 0.5) is 23.2 Å². The highest BCUT2D eigenvalue weighted by molar-refractivity contribution is 6.07. The second kappa shape index (κ2) is 10.8. The molecule has 0 radical (unpaired) electrons. The number of hydrogen-bond donors (Lipinski definition) is 2. The molecule has 3 aromatic rings. The van der Waals surface area contributed by atoms with Crippen molar-refractivity contribution in [1.82, 2.24) is 4.98 Å². The number of halogens is 4. The Hall–Kier alpha value is -4.61. The summed E-state index contributed by atoms with van der Waals surface area (Å²) in [4.78, 5) is 28.5. The van der Waals surface area contributed by atoms with Crippen molar-refractivity contribution in [3.8, 4) is 23.0 Å². The number of methoxy groups -OCH3 is 1. The van der Waals surface area contributed by atoms with Crippen LogP contribution in [0.3, 0.4) is 0 Å². The number of nitrogens with two attached hydrogens (primary N) is 1. The number of anilines is 1. The number of nitrogens with zero attached hydrogens (tertiary/aromatic N) is 1. The molecule has 1 aliphatic carbocycles. The van der Waals surface area contributed by atoms with E-state index in [0.717, 1.165) is 42.7 Å². The van der Waals surface area contributed by atoms with E-state index in [4.69, 9.17) is 19.3 Å². The van der Waals surface area contributed by atoms with Crippen molar-refractivity contribution in [3.63, 3.8) is 0 Å². The molecule has 0 aliphatic heterocycles. The Labute approximate surface area is 218 Å². The van der Waals surface area contributed by atoms with Crippen LogP contribution < -0.4 is 25.3 Å². The first-order valence-electron chi connectivity index (χ1n) is 12.6. The summed E-state index contributed by atoms with van der Waals surface area (Å²) in [5.41, 5.74) is 5.62. The average Bonchev–Trinajstić information content (AvgIpc) is 3.39. The van der Waals surface area contributed by atoms with Crippen LogP contribution in [0.15, 0.2) is 54.7 Å². The second-order valence-electron chi connectivity index (χ2n) is 8.06. The fraction of sp³-hybridized carbons (Fsp3) is 0.192. The van der Waals surface area contributed by atoms with E-state index in [9.17, 15) is 22.8 Å². The number of rotatable bonds is 8. The topological polar surface area (TPSA) is 113 Å². The zero-order valence-corrected chi connectivity index (χ0v) is 19.4. The Morgan fingerprint density at radius 3 is 2.61 bits per heavy atom. The van der Waals surface area contributed by atoms with Crippen molar-refractivity contribution < 1.29 is 45.5 Å². The van der Waals surface area contributed by atoms with E-state index in [0.29, 0.717) is 18.1 Å². The molecule has 0 fully saturated rings. The number of ether oxygens (including phenoxy) is 3. The van der Waals surface area contributed by atoms with Crippen molar-refractivity contribution >= 4 is 23.1 Å². The van der Waals surface area contributed by atoms with Gasteiger partial charge in [-0.05, 0) is 66.8 Å². The zero-order chi connectivity index (χ0) is 29.9. The van der Waals surface area contributed by atoms with Crippen LogP contribution in [0.2, 0.25) is 0 Å². The van der Waals surface area contributed by atoms with Crippen LogP contribution in [0, 0.1) is 5.82 Å². The van der Waals surface area contributed by atoms with Gasteiger partial charge in [-0.1, -0.05) is 6.08 Å². The van der Waals surface area contributed by atoms with Gasteiger partial charge in [0.2, 0.25) is 0 Å². The fourth-order valence-corrected chi connectivity index (χ4v) is 3.81. The number of carbonyl (C=O) groups is 2. The van der Waals surface area contributed by atoms with E-state index < -0.39 is 59.6 Å². The number of hydrogen-bond acceptors (Lipinski definition) is 6. The van der Waals surface area contributed by atoms with Gasteiger partial charge in [0, 0.05) is 18.0 Å². The average molecular weight is 534 g/mol. The Balaban J connectivity index is 1.78. The number of pyridine rings is 1. The van der Waals surface area contributed by atoms with E-state index in [1.807, 2.05) is 6.08 Å². The summed E-state index contributed by atoms with van der Waals surface area (Å²) in [6.07, 6.45) is 0.176. The number of primary amides is 1. The first-order valence-corrected chi connectivity index (χ1v) is 11.1. The molecule has 0 saturated carbocycles. The van der Waals surface area contributed by atoms with Crippen molar-refractivity contribution in [3.05, 3.63) is 77.4 Å². The molecule has 0 spiro atoms. The molecule has 0 saturated heterocycles. The van der Waals surface area contributed by atoms with Gasteiger partial charge in [0.1, 0.15) is 28.6 Å². The number of allylic oxidation sites excluding steroid dienone is 2. The van der Waals surface area contributed by atoms with Crippen LogP contribution in [-0.2, 0) is 0 Å². The van der Waals surface area contributed by atoms with Gasteiger partial charge < -0.3 is 25.3 Å². The molecule has 12 heteroatoms. The predicted octanol–water partition coefficient (Wildman–Crippen LogP) is 5.84. The molecule has 0 bridgehead atoms. The monoisotopic (exact) mass is 534 g/mol. The number of amides is 2. The molecule has 1 aromatic heterocycles. The molecule has 38 heavy (non-hydrogen) atoms. The highest BCUT2D eigenvalue weighted by atomic mass is 19.4.